The summed E-state index contributed by atoms with van der Waals surface area (Å²) in [6.45, 7) is 1.84. The van der Waals surface area contributed by atoms with Gasteiger partial charge in [-0.3, -0.25) is 4.57 Å². The van der Waals surface area contributed by atoms with Crippen LogP contribution in [0.25, 0.3) is 0 Å². The van der Waals surface area contributed by atoms with Crippen molar-refractivity contribution in [3.63, 3.8) is 0 Å². The van der Waals surface area contributed by atoms with Crippen LogP contribution in [0.1, 0.15) is 23.1 Å². The van der Waals surface area contributed by atoms with Gasteiger partial charge < -0.3 is 4.52 Å². The van der Waals surface area contributed by atoms with E-state index in [1.807, 2.05) is 0 Å². The van der Waals surface area contributed by atoms with Crippen molar-refractivity contribution >= 4 is 0 Å². The van der Waals surface area contributed by atoms with Crippen LogP contribution in [0.3, 0.4) is 0 Å². The molecule has 0 radical (unpaired) electrons. The summed E-state index contributed by atoms with van der Waals surface area (Å²) >= 11 is 0. The number of aryl methyl sites for hydroxylation is 1. The molecule has 3 rings (SSSR count). The van der Waals surface area contributed by atoms with Crippen molar-refractivity contribution in [1.82, 2.24) is 24.5 Å². The van der Waals surface area contributed by atoms with Crippen LogP contribution in [0.4, 0.5) is 4.39 Å². The molecule has 0 bridgehead atoms. The highest BCUT2D eigenvalue weighted by Gasteiger charge is 2.12. The normalized spacial score (nSPS) is 11.0. The Kier molecular flexibility index (Phi) is 3.58. The Morgan fingerprint density at radius 3 is 2.86 bits per heavy atom. The maximum Gasteiger partial charge on any atom is 0.346 e. The van der Waals surface area contributed by atoms with Gasteiger partial charge in [0.15, 0.2) is 5.82 Å². The molecule has 0 N–H and O–H groups in total. The average molecular weight is 303 g/mol. The highest BCUT2D eigenvalue weighted by atomic mass is 19.1. The summed E-state index contributed by atoms with van der Waals surface area (Å²) in [4.78, 5) is 16.1. The van der Waals surface area contributed by atoms with E-state index in [1.54, 1.807) is 26.1 Å². The van der Waals surface area contributed by atoms with Crippen LogP contribution in [0.15, 0.2) is 33.6 Å². The molecule has 22 heavy (non-hydrogen) atoms. The fourth-order valence-corrected chi connectivity index (χ4v) is 2.08. The summed E-state index contributed by atoms with van der Waals surface area (Å²) < 4.78 is 20.9. The van der Waals surface area contributed by atoms with Gasteiger partial charge in [-0.15, -0.1) is 0 Å². The van der Waals surface area contributed by atoms with Crippen LogP contribution in [-0.2, 0) is 20.0 Å². The van der Waals surface area contributed by atoms with Crippen LogP contribution >= 0.6 is 0 Å². The van der Waals surface area contributed by atoms with Crippen LogP contribution in [-0.4, -0.2) is 24.5 Å². The third-order valence-corrected chi connectivity index (χ3v) is 3.31. The first-order valence-electron chi connectivity index (χ1n) is 6.69. The maximum absolute atomic E-state index is 13.1. The van der Waals surface area contributed by atoms with Gasteiger partial charge in [0.05, 0.1) is 0 Å². The van der Waals surface area contributed by atoms with E-state index < -0.39 is 0 Å². The summed E-state index contributed by atoms with van der Waals surface area (Å²) in [5.74, 6) is 1.01. The van der Waals surface area contributed by atoms with E-state index in [0.717, 1.165) is 5.56 Å². The monoisotopic (exact) mass is 303 g/mol. The zero-order valence-corrected chi connectivity index (χ0v) is 12.2. The van der Waals surface area contributed by atoms with Gasteiger partial charge in [0.1, 0.15) is 18.2 Å². The summed E-state index contributed by atoms with van der Waals surface area (Å²) in [6.07, 6.45) is 0.359. The Morgan fingerprint density at radius 2 is 2.18 bits per heavy atom. The first kappa shape index (κ1) is 14.2. The van der Waals surface area contributed by atoms with Crippen LogP contribution in [0.2, 0.25) is 0 Å². The molecule has 0 spiro atoms. The van der Waals surface area contributed by atoms with Crippen molar-refractivity contribution in [2.24, 2.45) is 7.05 Å². The van der Waals surface area contributed by atoms with Gasteiger partial charge in [0.25, 0.3) is 0 Å². The molecule has 0 saturated heterocycles. The molecule has 0 amide bonds. The van der Waals surface area contributed by atoms with E-state index in [2.05, 4.69) is 15.2 Å². The third kappa shape index (κ3) is 2.80. The van der Waals surface area contributed by atoms with Crippen molar-refractivity contribution in [3.05, 3.63) is 63.7 Å². The zero-order valence-electron chi connectivity index (χ0n) is 12.2. The molecule has 2 heterocycles. The molecule has 0 unspecified atom stereocenters. The molecule has 0 fully saturated rings. The predicted octanol–water partition coefficient (Wildman–Crippen LogP) is 1.05. The molecular weight excluding hydrogens is 289 g/mol. The highest BCUT2D eigenvalue weighted by molar-refractivity contribution is 5.19. The lowest BCUT2D eigenvalue weighted by molar-refractivity contribution is 0.359. The molecule has 0 atom stereocenters. The molecule has 0 aliphatic rings. The number of nitrogens with zero attached hydrogens (tertiary/aromatic N) is 5. The Balaban J connectivity index is 1.76. The third-order valence-electron chi connectivity index (χ3n) is 3.31. The van der Waals surface area contributed by atoms with E-state index in [4.69, 9.17) is 4.52 Å². The number of hydrogen-bond acceptors (Lipinski definition) is 5. The van der Waals surface area contributed by atoms with E-state index in [-0.39, 0.29) is 23.9 Å². The lowest BCUT2D eigenvalue weighted by Crippen LogP contribution is -2.23. The van der Waals surface area contributed by atoms with Gasteiger partial charge >= 0.3 is 5.69 Å². The van der Waals surface area contributed by atoms with Gasteiger partial charge in [0, 0.05) is 13.5 Å². The number of rotatable bonds is 4. The van der Waals surface area contributed by atoms with Crippen molar-refractivity contribution in [2.75, 3.05) is 0 Å². The van der Waals surface area contributed by atoms with E-state index in [9.17, 15) is 9.18 Å². The molecule has 0 aliphatic carbocycles. The molecule has 3 aromatic rings. The fraction of sp³-hybridized carbons (Fsp3) is 0.286. The summed E-state index contributed by atoms with van der Waals surface area (Å²) in [5.41, 5.74) is 0.501. The maximum atomic E-state index is 13.1. The quantitative estimate of drug-likeness (QED) is 0.720. The summed E-state index contributed by atoms with van der Waals surface area (Å²) in [6, 6.07) is 6.21. The van der Waals surface area contributed by atoms with Crippen LogP contribution in [0.5, 0.6) is 0 Å². The molecular formula is C14H14FN5O2. The second-order valence-corrected chi connectivity index (χ2v) is 4.96. The van der Waals surface area contributed by atoms with E-state index in [0.29, 0.717) is 18.1 Å². The second kappa shape index (κ2) is 5.55. The second-order valence-electron chi connectivity index (χ2n) is 4.96. The molecule has 8 heteroatoms. The topological polar surface area (TPSA) is 78.7 Å². The number of hydrogen-bond donors (Lipinski definition) is 0. The molecule has 2 aromatic heterocycles. The molecule has 0 saturated carbocycles. The average Bonchev–Trinajstić information content (AvgIpc) is 3.00. The van der Waals surface area contributed by atoms with Crippen molar-refractivity contribution in [3.8, 4) is 0 Å². The zero-order chi connectivity index (χ0) is 15.7. The van der Waals surface area contributed by atoms with Crippen molar-refractivity contribution in [1.29, 1.82) is 0 Å². The first-order chi connectivity index (χ1) is 10.5. The predicted molar refractivity (Wildman–Crippen MR) is 74.8 cm³/mol. The number of halogens is 1. The SMILES string of the molecule is Cc1nn(Cc2nc(Cc3cccc(F)c3)no2)c(=O)n1C. The highest BCUT2D eigenvalue weighted by Crippen LogP contribution is 2.09. The van der Waals surface area contributed by atoms with Gasteiger partial charge in [0.2, 0.25) is 5.89 Å². The Morgan fingerprint density at radius 1 is 1.36 bits per heavy atom. The van der Waals surface area contributed by atoms with Gasteiger partial charge in [-0.05, 0) is 24.6 Å². The fourth-order valence-electron chi connectivity index (χ4n) is 2.08. The van der Waals surface area contributed by atoms with E-state index in [1.165, 1.54) is 21.4 Å². The lowest BCUT2D eigenvalue weighted by Gasteiger charge is -1.96. The van der Waals surface area contributed by atoms with E-state index >= 15 is 0 Å². The number of aromatic nitrogens is 5. The minimum atomic E-state index is -0.309. The van der Waals surface area contributed by atoms with Crippen LogP contribution < -0.4 is 5.69 Å². The Bertz CT molecular complexity index is 864. The molecule has 0 aliphatic heterocycles. The lowest BCUT2D eigenvalue weighted by atomic mass is 10.1. The molecule has 114 valence electrons. The van der Waals surface area contributed by atoms with Crippen LogP contribution in [0, 0.1) is 12.7 Å². The minimum absolute atomic E-state index is 0.108. The number of benzene rings is 1. The standard InChI is InChI=1S/C14H14FN5O2/c1-9-17-20(14(21)19(9)2)8-13-16-12(18-22-13)7-10-4-3-5-11(15)6-10/h3-6H,7-8H2,1-2H3. The molecule has 1 aromatic carbocycles. The van der Waals surface area contributed by atoms with Gasteiger partial charge in [-0.25, -0.2) is 13.9 Å². The summed E-state index contributed by atoms with van der Waals surface area (Å²) in [7, 11) is 1.64. The largest absolute Gasteiger partial charge is 0.346 e. The Hall–Kier alpha value is -2.77. The first-order valence-corrected chi connectivity index (χ1v) is 6.69. The van der Waals surface area contributed by atoms with Gasteiger partial charge in [-0.2, -0.15) is 10.1 Å². The molecule has 7 nitrogen and oxygen atoms in total. The minimum Gasteiger partial charge on any atom is -0.337 e. The van der Waals surface area contributed by atoms with Gasteiger partial charge in [-0.1, -0.05) is 17.3 Å². The smallest absolute Gasteiger partial charge is 0.337 e. The Labute approximate surface area is 125 Å². The summed E-state index contributed by atoms with van der Waals surface area (Å²) in [5, 5.41) is 7.94. The van der Waals surface area contributed by atoms with Crippen molar-refractivity contribution < 1.29 is 8.91 Å². The van der Waals surface area contributed by atoms with Crippen molar-refractivity contribution in [2.45, 2.75) is 19.9 Å².